The molecule has 0 aliphatic heterocycles. The van der Waals surface area contributed by atoms with E-state index in [0.29, 0.717) is 41.9 Å². The van der Waals surface area contributed by atoms with E-state index in [0.717, 1.165) is 5.56 Å². The average molecular weight is 360 g/mol. The standard InChI is InChI=1S/C18H19FN2O3.C2H6/c1-3-24-18(23)15-11-5-4-6-14(22)16(11)21-17(15)20-13-8-7-10(2)9-12(13)19;1-2/h7-9,20-21H,3-6H2,1-2H3;1-2H3. The lowest BCUT2D eigenvalue weighted by molar-refractivity contribution is 0.0526. The zero-order chi connectivity index (χ0) is 19.3. The normalized spacial score (nSPS) is 12.7. The maximum Gasteiger partial charge on any atom is 0.342 e. The van der Waals surface area contributed by atoms with Gasteiger partial charge in [0, 0.05) is 6.42 Å². The molecule has 3 rings (SSSR count). The predicted octanol–water partition coefficient (Wildman–Crippen LogP) is 4.93. The maximum absolute atomic E-state index is 14.1. The fourth-order valence-electron chi connectivity index (χ4n) is 2.96. The number of nitrogens with one attached hydrogen (secondary N) is 2. The van der Waals surface area contributed by atoms with Crippen molar-refractivity contribution in [3.63, 3.8) is 0 Å². The fourth-order valence-corrected chi connectivity index (χ4v) is 2.96. The number of aromatic amines is 1. The number of H-pyrrole nitrogens is 1. The number of fused-ring (bicyclic) bond motifs is 1. The van der Waals surface area contributed by atoms with Crippen LogP contribution in [-0.2, 0) is 11.2 Å². The van der Waals surface area contributed by atoms with Gasteiger partial charge in [0.05, 0.1) is 18.0 Å². The molecule has 0 unspecified atom stereocenters. The van der Waals surface area contributed by atoms with Crippen molar-refractivity contribution in [2.24, 2.45) is 0 Å². The highest BCUT2D eigenvalue weighted by atomic mass is 19.1. The van der Waals surface area contributed by atoms with Crippen molar-refractivity contribution < 1.29 is 18.7 Å². The minimum atomic E-state index is -0.514. The van der Waals surface area contributed by atoms with Crippen LogP contribution in [0.2, 0.25) is 0 Å². The number of aromatic nitrogens is 1. The van der Waals surface area contributed by atoms with Crippen molar-refractivity contribution in [3.8, 4) is 0 Å². The molecule has 0 amide bonds. The highest BCUT2D eigenvalue weighted by Crippen LogP contribution is 2.33. The zero-order valence-electron chi connectivity index (χ0n) is 15.7. The molecule has 0 fully saturated rings. The Kier molecular flexibility index (Phi) is 6.55. The van der Waals surface area contributed by atoms with Crippen molar-refractivity contribution in [1.82, 2.24) is 4.98 Å². The molecule has 140 valence electrons. The van der Waals surface area contributed by atoms with E-state index >= 15 is 0 Å². The second-order valence-corrected chi connectivity index (χ2v) is 5.83. The van der Waals surface area contributed by atoms with Gasteiger partial charge in [0.1, 0.15) is 17.2 Å². The number of halogens is 1. The number of esters is 1. The molecule has 0 bridgehead atoms. The third-order valence-electron chi connectivity index (χ3n) is 4.08. The van der Waals surface area contributed by atoms with Crippen molar-refractivity contribution >= 4 is 23.3 Å². The van der Waals surface area contributed by atoms with Crippen LogP contribution in [0, 0.1) is 12.7 Å². The number of ether oxygens (including phenoxy) is 1. The van der Waals surface area contributed by atoms with Crippen LogP contribution in [0.5, 0.6) is 0 Å². The number of ketones is 1. The van der Waals surface area contributed by atoms with E-state index in [2.05, 4.69) is 10.3 Å². The molecule has 2 aromatic rings. The van der Waals surface area contributed by atoms with Crippen molar-refractivity contribution in [3.05, 3.63) is 46.4 Å². The quantitative estimate of drug-likeness (QED) is 0.759. The molecule has 26 heavy (non-hydrogen) atoms. The third kappa shape index (κ3) is 3.95. The fraction of sp³-hybridized carbons (Fsp3) is 0.400. The number of rotatable bonds is 4. The van der Waals surface area contributed by atoms with Crippen LogP contribution in [0.4, 0.5) is 15.9 Å². The summed E-state index contributed by atoms with van der Waals surface area (Å²) in [5, 5.41) is 2.90. The van der Waals surface area contributed by atoms with Gasteiger partial charge in [-0.1, -0.05) is 19.9 Å². The SMILES string of the molecule is CC.CCOC(=O)c1c(Nc2ccc(C)cc2F)[nH]c2c1CCCC2=O. The summed E-state index contributed by atoms with van der Waals surface area (Å²) in [5.74, 6) is -0.681. The minimum absolute atomic E-state index is 0.0424. The summed E-state index contributed by atoms with van der Waals surface area (Å²) in [7, 11) is 0. The molecule has 0 saturated heterocycles. The summed E-state index contributed by atoms with van der Waals surface area (Å²) in [4.78, 5) is 27.4. The van der Waals surface area contributed by atoms with E-state index in [1.54, 1.807) is 26.0 Å². The number of hydrogen-bond donors (Lipinski definition) is 2. The largest absolute Gasteiger partial charge is 0.462 e. The topological polar surface area (TPSA) is 71.2 Å². The molecule has 0 atom stereocenters. The van der Waals surface area contributed by atoms with Gasteiger partial charge in [-0.05, 0) is 49.9 Å². The molecule has 1 aliphatic carbocycles. The first-order chi connectivity index (χ1) is 12.5. The Labute approximate surface area is 152 Å². The molecule has 2 N–H and O–H groups in total. The Balaban J connectivity index is 0.00000117. The van der Waals surface area contributed by atoms with Crippen molar-refractivity contribution in [2.75, 3.05) is 11.9 Å². The van der Waals surface area contributed by atoms with Gasteiger partial charge in [-0.3, -0.25) is 4.79 Å². The van der Waals surface area contributed by atoms with Gasteiger partial charge in [0.25, 0.3) is 0 Å². The number of hydrogen-bond acceptors (Lipinski definition) is 4. The van der Waals surface area contributed by atoms with Crippen LogP contribution in [0.15, 0.2) is 18.2 Å². The van der Waals surface area contributed by atoms with Crippen molar-refractivity contribution in [2.45, 2.75) is 47.0 Å². The minimum Gasteiger partial charge on any atom is -0.462 e. The van der Waals surface area contributed by atoms with Crippen LogP contribution < -0.4 is 5.32 Å². The number of Topliss-reactive ketones (excluding diaryl/α,β-unsaturated/α-hetero) is 1. The van der Waals surface area contributed by atoms with Crippen LogP contribution in [-0.4, -0.2) is 23.3 Å². The second kappa shape index (κ2) is 8.65. The molecule has 0 saturated carbocycles. The predicted molar refractivity (Wildman–Crippen MR) is 99.8 cm³/mol. The molecule has 1 heterocycles. The zero-order valence-corrected chi connectivity index (χ0v) is 15.7. The molecule has 5 nitrogen and oxygen atoms in total. The first kappa shape index (κ1) is 19.7. The Bertz CT molecular complexity index is 812. The highest BCUT2D eigenvalue weighted by molar-refractivity contribution is 6.05. The lowest BCUT2D eigenvalue weighted by Crippen LogP contribution is -2.13. The lowest BCUT2D eigenvalue weighted by atomic mass is 9.94. The van der Waals surface area contributed by atoms with E-state index in [1.807, 2.05) is 13.8 Å². The molecule has 1 aromatic carbocycles. The van der Waals surface area contributed by atoms with Gasteiger partial charge in [-0.2, -0.15) is 0 Å². The lowest BCUT2D eigenvalue weighted by Gasteiger charge is -2.11. The molecule has 0 spiro atoms. The first-order valence-corrected chi connectivity index (χ1v) is 8.99. The number of benzene rings is 1. The summed E-state index contributed by atoms with van der Waals surface area (Å²) in [6.07, 6.45) is 1.74. The van der Waals surface area contributed by atoms with E-state index in [1.165, 1.54) is 6.07 Å². The number of aryl methyl sites for hydroxylation is 1. The van der Waals surface area contributed by atoms with Crippen LogP contribution in [0.25, 0.3) is 0 Å². The van der Waals surface area contributed by atoms with E-state index < -0.39 is 11.8 Å². The van der Waals surface area contributed by atoms with E-state index in [4.69, 9.17) is 4.74 Å². The summed E-state index contributed by atoms with van der Waals surface area (Å²) >= 11 is 0. The van der Waals surface area contributed by atoms with Crippen molar-refractivity contribution in [1.29, 1.82) is 0 Å². The maximum atomic E-state index is 14.1. The van der Waals surface area contributed by atoms with E-state index in [-0.39, 0.29) is 18.1 Å². The molecule has 1 aromatic heterocycles. The van der Waals surface area contributed by atoms with Gasteiger partial charge in [0.2, 0.25) is 0 Å². The monoisotopic (exact) mass is 360 g/mol. The third-order valence-corrected chi connectivity index (χ3v) is 4.08. The number of carbonyl (C=O) groups excluding carboxylic acids is 2. The highest BCUT2D eigenvalue weighted by Gasteiger charge is 2.30. The molecular weight excluding hydrogens is 335 g/mol. The molecule has 0 radical (unpaired) electrons. The molecule has 6 heteroatoms. The Morgan fingerprint density at radius 1 is 1.31 bits per heavy atom. The average Bonchev–Trinajstić information content (AvgIpc) is 2.99. The van der Waals surface area contributed by atoms with Crippen LogP contribution >= 0.6 is 0 Å². The summed E-state index contributed by atoms with van der Waals surface area (Å²) in [6.45, 7) is 7.74. The Morgan fingerprint density at radius 3 is 2.69 bits per heavy atom. The summed E-state index contributed by atoms with van der Waals surface area (Å²) in [6, 6.07) is 4.77. The van der Waals surface area contributed by atoms with Gasteiger partial charge >= 0.3 is 5.97 Å². The van der Waals surface area contributed by atoms with Gasteiger partial charge in [0.15, 0.2) is 5.78 Å². The Hall–Kier alpha value is -2.63. The molecule has 1 aliphatic rings. The first-order valence-electron chi connectivity index (χ1n) is 8.99. The van der Waals surface area contributed by atoms with E-state index in [9.17, 15) is 14.0 Å². The summed E-state index contributed by atoms with van der Waals surface area (Å²) < 4.78 is 19.2. The van der Waals surface area contributed by atoms with Gasteiger partial charge in [-0.15, -0.1) is 0 Å². The number of anilines is 2. The van der Waals surface area contributed by atoms with Gasteiger partial charge in [-0.25, -0.2) is 9.18 Å². The second-order valence-electron chi connectivity index (χ2n) is 5.83. The molecular formula is C20H25FN2O3. The smallest absolute Gasteiger partial charge is 0.342 e. The summed E-state index contributed by atoms with van der Waals surface area (Å²) in [5.41, 5.74) is 2.39. The number of carbonyl (C=O) groups is 2. The van der Waals surface area contributed by atoms with Crippen LogP contribution in [0.1, 0.15) is 65.6 Å². The van der Waals surface area contributed by atoms with Gasteiger partial charge < -0.3 is 15.0 Å². The Morgan fingerprint density at radius 2 is 2.04 bits per heavy atom. The van der Waals surface area contributed by atoms with Crippen LogP contribution in [0.3, 0.4) is 0 Å².